The summed E-state index contributed by atoms with van der Waals surface area (Å²) >= 11 is 6.24. The van der Waals surface area contributed by atoms with E-state index in [1.54, 1.807) is 30.3 Å². The zero-order valence-corrected chi connectivity index (χ0v) is 18.3. The molecule has 0 saturated carbocycles. The lowest BCUT2D eigenvalue weighted by Crippen LogP contribution is -2.30. The number of rotatable bonds is 5. The van der Waals surface area contributed by atoms with E-state index in [-0.39, 0.29) is 22.0 Å². The topological polar surface area (TPSA) is 57.7 Å². The molecular formula is C23H20ClFN2O3S. The summed E-state index contributed by atoms with van der Waals surface area (Å²) in [7, 11) is -2.42. The molecule has 5 nitrogen and oxygen atoms in total. The Hall–Kier alpha value is -2.90. The Kier molecular flexibility index (Phi) is 5.73. The van der Waals surface area contributed by atoms with Gasteiger partial charge in [0.15, 0.2) is 0 Å². The number of nitrogens with zero attached hydrogens (tertiary/aromatic N) is 2. The first kappa shape index (κ1) is 21.3. The van der Waals surface area contributed by atoms with Gasteiger partial charge in [-0.2, -0.15) is 0 Å². The molecule has 0 aliphatic carbocycles. The molecule has 0 bridgehead atoms. The van der Waals surface area contributed by atoms with Gasteiger partial charge in [-0.05, 0) is 42.3 Å². The van der Waals surface area contributed by atoms with E-state index in [0.29, 0.717) is 24.2 Å². The molecule has 1 amide bonds. The Morgan fingerprint density at radius 2 is 1.81 bits per heavy atom. The van der Waals surface area contributed by atoms with Crippen LogP contribution in [-0.2, 0) is 23.0 Å². The summed E-state index contributed by atoms with van der Waals surface area (Å²) < 4.78 is 42.0. The monoisotopic (exact) mass is 458 g/mol. The summed E-state index contributed by atoms with van der Waals surface area (Å²) in [5.41, 5.74) is 2.09. The van der Waals surface area contributed by atoms with Gasteiger partial charge in [0.2, 0.25) is 0 Å². The molecule has 0 spiro atoms. The van der Waals surface area contributed by atoms with Gasteiger partial charge in [-0.1, -0.05) is 48.0 Å². The lowest BCUT2D eigenvalue weighted by Gasteiger charge is -2.22. The molecule has 0 atom stereocenters. The van der Waals surface area contributed by atoms with E-state index >= 15 is 0 Å². The van der Waals surface area contributed by atoms with Gasteiger partial charge in [-0.3, -0.25) is 9.10 Å². The van der Waals surface area contributed by atoms with E-state index in [1.807, 2.05) is 12.1 Å². The lowest BCUT2D eigenvalue weighted by molar-refractivity contribution is 0.0783. The molecule has 3 aromatic rings. The van der Waals surface area contributed by atoms with E-state index in [1.165, 1.54) is 40.5 Å². The van der Waals surface area contributed by atoms with Crippen LogP contribution in [0.1, 0.15) is 21.5 Å². The second kappa shape index (κ2) is 8.32. The Labute approximate surface area is 185 Å². The molecule has 1 aliphatic rings. The van der Waals surface area contributed by atoms with Crippen LogP contribution in [0.25, 0.3) is 0 Å². The standard InChI is InChI=1S/C23H20ClFN2O3S/c1-26(15-18-7-2-4-8-20(18)25)23(28)17-10-11-19(24)22(14-17)31(29,30)27-13-12-16-6-3-5-9-21(16)27/h2-11,14H,12-13,15H2,1H3. The van der Waals surface area contributed by atoms with E-state index in [9.17, 15) is 17.6 Å². The smallest absolute Gasteiger partial charge is 0.265 e. The minimum Gasteiger partial charge on any atom is -0.337 e. The predicted molar refractivity (Wildman–Crippen MR) is 118 cm³/mol. The number of para-hydroxylation sites is 1. The van der Waals surface area contributed by atoms with Crippen molar-refractivity contribution in [3.63, 3.8) is 0 Å². The number of carbonyl (C=O) groups excluding carboxylic acids is 1. The number of hydrogen-bond acceptors (Lipinski definition) is 3. The van der Waals surface area contributed by atoms with Crippen molar-refractivity contribution in [1.82, 2.24) is 4.90 Å². The fraction of sp³-hybridized carbons (Fsp3) is 0.174. The molecule has 0 N–H and O–H groups in total. The number of hydrogen-bond donors (Lipinski definition) is 0. The highest BCUT2D eigenvalue weighted by Gasteiger charge is 2.32. The minimum absolute atomic E-state index is 0.0395. The number of carbonyl (C=O) groups is 1. The van der Waals surface area contributed by atoms with Crippen molar-refractivity contribution < 1.29 is 17.6 Å². The average Bonchev–Trinajstić information content (AvgIpc) is 3.20. The number of amides is 1. The Morgan fingerprint density at radius 3 is 2.58 bits per heavy atom. The third-order valence-electron chi connectivity index (χ3n) is 5.30. The van der Waals surface area contributed by atoms with Gasteiger partial charge in [0, 0.05) is 31.3 Å². The Bertz CT molecular complexity index is 1260. The largest absolute Gasteiger partial charge is 0.337 e. The van der Waals surface area contributed by atoms with Crippen LogP contribution in [0, 0.1) is 5.82 Å². The van der Waals surface area contributed by atoms with Gasteiger partial charge in [-0.25, -0.2) is 12.8 Å². The third-order valence-corrected chi connectivity index (χ3v) is 7.60. The number of anilines is 1. The van der Waals surface area contributed by atoms with E-state index in [4.69, 9.17) is 11.6 Å². The molecular weight excluding hydrogens is 439 g/mol. The average molecular weight is 459 g/mol. The van der Waals surface area contributed by atoms with Crippen LogP contribution in [0.4, 0.5) is 10.1 Å². The summed E-state index contributed by atoms with van der Waals surface area (Å²) in [6.07, 6.45) is 0.608. The van der Waals surface area contributed by atoms with Gasteiger partial charge in [0.05, 0.1) is 10.7 Å². The number of fused-ring (bicyclic) bond motifs is 1. The zero-order chi connectivity index (χ0) is 22.2. The van der Waals surface area contributed by atoms with Crippen molar-refractivity contribution >= 4 is 33.2 Å². The van der Waals surface area contributed by atoms with Gasteiger partial charge >= 0.3 is 0 Å². The van der Waals surface area contributed by atoms with Crippen molar-refractivity contribution in [2.45, 2.75) is 17.9 Å². The summed E-state index contributed by atoms with van der Waals surface area (Å²) in [5.74, 6) is -0.840. The van der Waals surface area contributed by atoms with Crippen LogP contribution in [0.2, 0.25) is 5.02 Å². The molecule has 3 aromatic carbocycles. The summed E-state index contributed by atoms with van der Waals surface area (Å²) in [6.45, 7) is 0.360. The van der Waals surface area contributed by atoms with Crippen molar-refractivity contribution in [1.29, 1.82) is 0 Å². The third kappa shape index (κ3) is 4.03. The van der Waals surface area contributed by atoms with Crippen LogP contribution < -0.4 is 4.31 Å². The Morgan fingerprint density at radius 1 is 1.10 bits per heavy atom. The molecule has 0 unspecified atom stereocenters. The zero-order valence-electron chi connectivity index (χ0n) is 16.8. The summed E-state index contributed by atoms with van der Waals surface area (Å²) in [5, 5.41) is 0.0395. The fourth-order valence-corrected chi connectivity index (χ4v) is 5.69. The molecule has 31 heavy (non-hydrogen) atoms. The minimum atomic E-state index is -3.96. The molecule has 1 heterocycles. The van der Waals surface area contributed by atoms with Gasteiger partial charge < -0.3 is 4.90 Å². The SMILES string of the molecule is CN(Cc1ccccc1F)C(=O)c1ccc(Cl)c(S(=O)(=O)N2CCc3ccccc32)c1. The first-order valence-corrected chi connectivity index (χ1v) is 11.5. The molecule has 0 radical (unpaired) electrons. The van der Waals surface area contributed by atoms with Crippen molar-refractivity contribution in [2.75, 3.05) is 17.9 Å². The summed E-state index contributed by atoms with van der Waals surface area (Å²) in [4.78, 5) is 14.1. The van der Waals surface area contributed by atoms with E-state index < -0.39 is 21.7 Å². The highest BCUT2D eigenvalue weighted by atomic mass is 35.5. The maximum Gasteiger partial charge on any atom is 0.265 e. The maximum atomic E-state index is 13.9. The molecule has 0 saturated heterocycles. The van der Waals surface area contributed by atoms with Crippen molar-refractivity contribution in [2.24, 2.45) is 0 Å². The molecule has 4 rings (SSSR count). The second-order valence-electron chi connectivity index (χ2n) is 7.35. The van der Waals surface area contributed by atoms with E-state index in [0.717, 1.165) is 5.56 Å². The maximum absolute atomic E-state index is 13.9. The normalized spacial score (nSPS) is 13.2. The molecule has 8 heteroatoms. The highest BCUT2D eigenvalue weighted by Crippen LogP contribution is 2.35. The van der Waals surface area contributed by atoms with Crippen LogP contribution >= 0.6 is 11.6 Å². The Balaban J connectivity index is 1.64. The number of benzene rings is 3. The predicted octanol–water partition coefficient (Wildman–Crippen LogP) is 4.50. The van der Waals surface area contributed by atoms with Crippen molar-refractivity contribution in [3.8, 4) is 0 Å². The number of halogens is 2. The lowest BCUT2D eigenvalue weighted by atomic mass is 10.1. The fourth-order valence-electron chi connectivity index (χ4n) is 3.68. The van der Waals surface area contributed by atoms with E-state index in [2.05, 4.69) is 0 Å². The van der Waals surface area contributed by atoms with Crippen molar-refractivity contribution in [3.05, 3.63) is 94.3 Å². The second-order valence-corrected chi connectivity index (χ2v) is 9.59. The molecule has 1 aliphatic heterocycles. The summed E-state index contributed by atoms with van der Waals surface area (Å²) in [6, 6.07) is 17.7. The van der Waals surface area contributed by atoms with Crippen LogP contribution in [0.5, 0.6) is 0 Å². The highest BCUT2D eigenvalue weighted by molar-refractivity contribution is 7.93. The molecule has 160 valence electrons. The van der Waals surface area contributed by atoms with Crippen LogP contribution in [-0.4, -0.2) is 32.8 Å². The molecule has 0 aromatic heterocycles. The van der Waals surface area contributed by atoms with Crippen LogP contribution in [0.15, 0.2) is 71.6 Å². The quantitative estimate of drug-likeness (QED) is 0.565. The molecule has 0 fully saturated rings. The first-order valence-electron chi connectivity index (χ1n) is 9.68. The number of sulfonamides is 1. The van der Waals surface area contributed by atoms with Crippen LogP contribution in [0.3, 0.4) is 0 Å². The first-order chi connectivity index (χ1) is 14.8. The van der Waals surface area contributed by atoms with Gasteiger partial charge in [0.1, 0.15) is 10.7 Å². The van der Waals surface area contributed by atoms with Gasteiger partial charge in [-0.15, -0.1) is 0 Å². The van der Waals surface area contributed by atoms with Gasteiger partial charge in [0.25, 0.3) is 15.9 Å².